The van der Waals surface area contributed by atoms with Crippen LogP contribution in [-0.4, -0.2) is 40.5 Å². The molecule has 0 unspecified atom stereocenters. The molecule has 1 aliphatic carbocycles. The molecule has 1 heterocycles. The zero-order valence-electron chi connectivity index (χ0n) is 11.9. The number of carbonyl (C=O) groups is 1. The molecule has 1 saturated carbocycles. The molecule has 0 bridgehead atoms. The molecule has 0 amide bonds. The van der Waals surface area contributed by atoms with Gasteiger partial charge in [0, 0.05) is 19.6 Å². The van der Waals surface area contributed by atoms with E-state index in [4.69, 9.17) is 4.74 Å². The average Bonchev–Trinajstić information content (AvgIpc) is 3.21. The summed E-state index contributed by atoms with van der Waals surface area (Å²) in [6.45, 7) is 2.49. The number of hydrogen-bond acceptors (Lipinski definition) is 5. The molecule has 0 spiro atoms. The van der Waals surface area contributed by atoms with Crippen molar-refractivity contribution < 1.29 is 14.6 Å². The Morgan fingerprint density at radius 3 is 2.75 bits per heavy atom. The van der Waals surface area contributed by atoms with Crippen molar-refractivity contribution in [1.82, 2.24) is 9.97 Å². The van der Waals surface area contributed by atoms with E-state index < -0.39 is 5.97 Å². The predicted octanol–water partition coefficient (Wildman–Crippen LogP) is 2.88. The van der Waals surface area contributed by atoms with Crippen molar-refractivity contribution in [2.45, 2.75) is 43.6 Å². The van der Waals surface area contributed by atoms with Crippen LogP contribution in [0, 0.1) is 6.92 Å². The highest BCUT2D eigenvalue weighted by Gasteiger charge is 2.29. The van der Waals surface area contributed by atoms with E-state index in [9.17, 15) is 9.90 Å². The summed E-state index contributed by atoms with van der Waals surface area (Å²) in [6.07, 6.45) is 4.19. The molecule has 1 fully saturated rings. The molecule has 2 rings (SSSR count). The second-order valence-electron chi connectivity index (χ2n) is 4.98. The minimum absolute atomic E-state index is 0.256. The summed E-state index contributed by atoms with van der Waals surface area (Å²) < 4.78 is 5.01. The highest BCUT2D eigenvalue weighted by atomic mass is 32.2. The molecule has 1 aliphatic rings. The van der Waals surface area contributed by atoms with Gasteiger partial charge in [0.1, 0.15) is 16.4 Å². The normalized spacial score (nSPS) is 14.5. The number of aromatic carboxylic acids is 1. The van der Waals surface area contributed by atoms with Crippen LogP contribution in [0.15, 0.2) is 5.03 Å². The summed E-state index contributed by atoms with van der Waals surface area (Å²) >= 11 is 1.51. The maximum absolute atomic E-state index is 11.4. The van der Waals surface area contributed by atoms with E-state index >= 15 is 0 Å². The molecule has 0 aromatic carbocycles. The van der Waals surface area contributed by atoms with E-state index in [0.29, 0.717) is 16.6 Å². The van der Waals surface area contributed by atoms with Gasteiger partial charge in [-0.25, -0.2) is 14.8 Å². The lowest BCUT2D eigenvalue weighted by molar-refractivity contribution is 0.0690. The summed E-state index contributed by atoms with van der Waals surface area (Å²) in [5.74, 6) is 1.16. The van der Waals surface area contributed by atoms with Gasteiger partial charge in [0.05, 0.1) is 5.69 Å². The number of carboxylic acids is 1. The van der Waals surface area contributed by atoms with E-state index in [0.717, 1.165) is 43.9 Å². The number of carboxylic acid groups (broad SMARTS) is 1. The van der Waals surface area contributed by atoms with Gasteiger partial charge in [-0.1, -0.05) is 0 Å². The Kier molecular flexibility index (Phi) is 5.37. The van der Waals surface area contributed by atoms with Crippen LogP contribution >= 0.6 is 11.8 Å². The van der Waals surface area contributed by atoms with Gasteiger partial charge in [0.25, 0.3) is 0 Å². The largest absolute Gasteiger partial charge is 0.478 e. The molecule has 0 saturated heterocycles. The molecule has 1 N–H and O–H groups in total. The third-order valence-corrected chi connectivity index (χ3v) is 4.27. The second kappa shape index (κ2) is 7.04. The molecule has 6 heteroatoms. The van der Waals surface area contributed by atoms with Crippen molar-refractivity contribution >= 4 is 17.7 Å². The fourth-order valence-corrected chi connectivity index (χ4v) is 3.04. The Balaban J connectivity index is 2.09. The number of thioether (sulfide) groups is 1. The molecule has 1 aromatic rings. The van der Waals surface area contributed by atoms with Crippen molar-refractivity contribution in [3.8, 4) is 0 Å². The first-order chi connectivity index (χ1) is 9.63. The van der Waals surface area contributed by atoms with Crippen molar-refractivity contribution in [3.05, 3.63) is 17.1 Å². The maximum Gasteiger partial charge on any atom is 0.340 e. The van der Waals surface area contributed by atoms with Crippen molar-refractivity contribution in [3.63, 3.8) is 0 Å². The van der Waals surface area contributed by atoms with Crippen LogP contribution in [0.1, 0.15) is 53.5 Å². The number of unbranched alkanes of at least 4 members (excludes halogenated alkanes) is 1. The maximum atomic E-state index is 11.4. The zero-order chi connectivity index (χ0) is 14.5. The highest BCUT2D eigenvalue weighted by Crippen LogP contribution is 2.39. The van der Waals surface area contributed by atoms with E-state index in [-0.39, 0.29) is 5.56 Å². The summed E-state index contributed by atoms with van der Waals surface area (Å²) in [4.78, 5) is 20.2. The van der Waals surface area contributed by atoms with Gasteiger partial charge in [-0.3, -0.25) is 0 Å². The SMILES string of the molecule is COCCCCSc1nc(C2CC2)nc(C)c1C(=O)O. The van der Waals surface area contributed by atoms with E-state index in [1.54, 1.807) is 14.0 Å². The number of aryl methyl sites for hydroxylation is 1. The van der Waals surface area contributed by atoms with E-state index in [1.807, 2.05) is 0 Å². The Morgan fingerprint density at radius 1 is 1.40 bits per heavy atom. The lowest BCUT2D eigenvalue weighted by Gasteiger charge is -2.09. The Bertz CT molecular complexity index is 490. The Labute approximate surface area is 123 Å². The number of aromatic nitrogens is 2. The van der Waals surface area contributed by atoms with Crippen molar-refractivity contribution in [2.75, 3.05) is 19.5 Å². The van der Waals surface area contributed by atoms with Gasteiger partial charge in [0.2, 0.25) is 0 Å². The minimum atomic E-state index is -0.941. The third kappa shape index (κ3) is 3.93. The topological polar surface area (TPSA) is 72.3 Å². The fraction of sp³-hybridized carbons (Fsp3) is 0.643. The molecule has 20 heavy (non-hydrogen) atoms. The molecule has 5 nitrogen and oxygen atoms in total. The highest BCUT2D eigenvalue weighted by molar-refractivity contribution is 7.99. The molecular weight excluding hydrogens is 276 g/mol. The number of nitrogens with zero attached hydrogens (tertiary/aromatic N) is 2. The van der Waals surface area contributed by atoms with Crippen LogP contribution in [0.5, 0.6) is 0 Å². The Morgan fingerprint density at radius 2 is 2.15 bits per heavy atom. The van der Waals surface area contributed by atoms with Gasteiger partial charge in [-0.2, -0.15) is 0 Å². The predicted molar refractivity (Wildman–Crippen MR) is 77.5 cm³/mol. The first-order valence-electron chi connectivity index (χ1n) is 6.87. The van der Waals surface area contributed by atoms with Gasteiger partial charge in [-0.15, -0.1) is 11.8 Å². The van der Waals surface area contributed by atoms with Crippen molar-refractivity contribution in [1.29, 1.82) is 0 Å². The average molecular weight is 296 g/mol. The minimum Gasteiger partial charge on any atom is -0.478 e. The van der Waals surface area contributed by atoms with Crippen molar-refractivity contribution in [2.24, 2.45) is 0 Å². The summed E-state index contributed by atoms with van der Waals surface area (Å²) in [5.41, 5.74) is 0.833. The molecule has 0 radical (unpaired) electrons. The van der Waals surface area contributed by atoms with Crippen LogP contribution in [0.25, 0.3) is 0 Å². The van der Waals surface area contributed by atoms with Gasteiger partial charge >= 0.3 is 5.97 Å². The number of hydrogen-bond donors (Lipinski definition) is 1. The van der Waals surface area contributed by atoms with Gasteiger partial charge in [-0.05, 0) is 38.4 Å². The Hall–Kier alpha value is -1.14. The lowest BCUT2D eigenvalue weighted by Crippen LogP contribution is -2.09. The van der Waals surface area contributed by atoms with Gasteiger partial charge < -0.3 is 9.84 Å². The molecule has 110 valence electrons. The van der Waals surface area contributed by atoms with Crippen LogP contribution < -0.4 is 0 Å². The standard InChI is InChI=1S/C14H20N2O3S/c1-9-11(14(17)18)13(20-8-4-3-7-19-2)16-12(15-9)10-5-6-10/h10H,3-8H2,1-2H3,(H,17,18). The third-order valence-electron chi connectivity index (χ3n) is 3.21. The smallest absolute Gasteiger partial charge is 0.340 e. The number of methoxy groups -OCH3 is 1. The second-order valence-corrected chi connectivity index (χ2v) is 6.06. The summed E-state index contributed by atoms with van der Waals surface area (Å²) in [6, 6.07) is 0. The first-order valence-corrected chi connectivity index (χ1v) is 7.85. The zero-order valence-corrected chi connectivity index (χ0v) is 12.7. The molecule has 0 atom stereocenters. The number of ether oxygens (including phenoxy) is 1. The summed E-state index contributed by atoms with van der Waals surface area (Å²) in [7, 11) is 1.69. The lowest BCUT2D eigenvalue weighted by atomic mass is 10.2. The fourth-order valence-electron chi connectivity index (χ4n) is 1.96. The number of rotatable bonds is 8. The van der Waals surface area contributed by atoms with Crippen LogP contribution in [0.4, 0.5) is 0 Å². The van der Waals surface area contributed by atoms with Crippen LogP contribution in [0.2, 0.25) is 0 Å². The quantitative estimate of drug-likeness (QED) is 0.452. The monoisotopic (exact) mass is 296 g/mol. The van der Waals surface area contributed by atoms with Crippen LogP contribution in [-0.2, 0) is 4.74 Å². The molecule has 0 aliphatic heterocycles. The summed E-state index contributed by atoms with van der Waals surface area (Å²) in [5, 5.41) is 9.93. The van der Waals surface area contributed by atoms with E-state index in [2.05, 4.69) is 9.97 Å². The molecular formula is C14H20N2O3S. The van der Waals surface area contributed by atoms with E-state index in [1.165, 1.54) is 11.8 Å². The molecule has 1 aromatic heterocycles. The van der Waals surface area contributed by atoms with Crippen LogP contribution in [0.3, 0.4) is 0 Å². The van der Waals surface area contributed by atoms with Gasteiger partial charge in [0.15, 0.2) is 0 Å². The first kappa shape index (κ1) is 15.3.